The average Bonchev–Trinajstić information content (AvgIpc) is 2.38. The van der Waals surface area contributed by atoms with Crippen molar-refractivity contribution >= 4 is 10.2 Å². The first kappa shape index (κ1) is 16.9. The van der Waals surface area contributed by atoms with E-state index in [0.29, 0.717) is 25.6 Å². The van der Waals surface area contributed by atoms with E-state index in [-0.39, 0.29) is 6.04 Å². The van der Waals surface area contributed by atoms with Crippen LogP contribution in [0.1, 0.15) is 52.4 Å². The molecule has 1 rings (SSSR count). The maximum absolute atomic E-state index is 12.4. The van der Waals surface area contributed by atoms with Crippen molar-refractivity contribution < 1.29 is 8.42 Å². The lowest BCUT2D eigenvalue weighted by atomic mass is 9.95. The minimum absolute atomic E-state index is 0.157. The van der Waals surface area contributed by atoms with Crippen molar-refractivity contribution in [2.45, 2.75) is 58.4 Å². The summed E-state index contributed by atoms with van der Waals surface area (Å²) < 4.78 is 29.2. The van der Waals surface area contributed by atoms with Gasteiger partial charge < -0.3 is 5.73 Å². The van der Waals surface area contributed by atoms with Crippen LogP contribution in [0.15, 0.2) is 0 Å². The highest BCUT2D eigenvalue weighted by atomic mass is 32.2. The smallest absolute Gasteiger partial charge is 0.279 e. The normalized spacial score (nSPS) is 18.4. The molecule has 1 fully saturated rings. The third kappa shape index (κ3) is 5.77. The standard InChI is InChI=1S/C13H29N3O2S/c1-12(2)11-15-19(17,18)16(10-6-9-14)13-7-4-3-5-8-13/h12-13,15H,3-11,14H2,1-2H3. The lowest BCUT2D eigenvalue weighted by molar-refractivity contribution is 0.249. The van der Waals surface area contributed by atoms with E-state index in [1.54, 1.807) is 4.31 Å². The second-order valence-electron chi connectivity index (χ2n) is 5.79. The zero-order valence-electron chi connectivity index (χ0n) is 12.3. The summed E-state index contributed by atoms with van der Waals surface area (Å²) in [5, 5.41) is 0. The third-order valence-electron chi connectivity index (χ3n) is 3.55. The van der Waals surface area contributed by atoms with E-state index in [9.17, 15) is 8.42 Å². The Hall–Kier alpha value is -0.170. The van der Waals surface area contributed by atoms with Crippen LogP contribution in [0, 0.1) is 5.92 Å². The summed E-state index contributed by atoms with van der Waals surface area (Å²) in [6, 6.07) is 0.157. The van der Waals surface area contributed by atoms with Gasteiger partial charge in [-0.3, -0.25) is 0 Å². The van der Waals surface area contributed by atoms with E-state index < -0.39 is 10.2 Å². The Labute approximate surface area is 118 Å². The van der Waals surface area contributed by atoms with Gasteiger partial charge in [0.15, 0.2) is 0 Å². The predicted molar refractivity (Wildman–Crippen MR) is 79.0 cm³/mol. The van der Waals surface area contributed by atoms with Crippen molar-refractivity contribution in [1.82, 2.24) is 9.03 Å². The number of hydrogen-bond donors (Lipinski definition) is 2. The fourth-order valence-electron chi connectivity index (χ4n) is 2.47. The van der Waals surface area contributed by atoms with E-state index in [4.69, 9.17) is 5.73 Å². The van der Waals surface area contributed by atoms with Gasteiger partial charge in [0.05, 0.1) is 0 Å². The predicted octanol–water partition coefficient (Wildman–Crippen LogP) is 1.46. The van der Waals surface area contributed by atoms with Crippen LogP contribution in [0.5, 0.6) is 0 Å². The lowest BCUT2D eigenvalue weighted by Gasteiger charge is -2.33. The third-order valence-corrected chi connectivity index (χ3v) is 5.18. The second-order valence-corrected chi connectivity index (χ2v) is 7.50. The van der Waals surface area contributed by atoms with Gasteiger partial charge in [-0.1, -0.05) is 33.1 Å². The number of nitrogens with zero attached hydrogens (tertiary/aromatic N) is 1. The Morgan fingerprint density at radius 1 is 1.26 bits per heavy atom. The van der Waals surface area contributed by atoms with Crippen LogP contribution in [0.25, 0.3) is 0 Å². The van der Waals surface area contributed by atoms with Crippen LogP contribution in [-0.2, 0) is 10.2 Å². The molecule has 0 unspecified atom stereocenters. The Kier molecular flexibility index (Phi) is 7.28. The number of nitrogens with two attached hydrogens (primary N) is 1. The summed E-state index contributed by atoms with van der Waals surface area (Å²) >= 11 is 0. The van der Waals surface area contributed by atoms with Crippen molar-refractivity contribution in [3.05, 3.63) is 0 Å². The maximum Gasteiger partial charge on any atom is 0.279 e. The maximum atomic E-state index is 12.4. The Morgan fingerprint density at radius 2 is 1.89 bits per heavy atom. The van der Waals surface area contributed by atoms with E-state index in [1.807, 2.05) is 13.8 Å². The molecule has 114 valence electrons. The fraction of sp³-hybridized carbons (Fsp3) is 1.00. The highest BCUT2D eigenvalue weighted by Crippen LogP contribution is 2.24. The van der Waals surface area contributed by atoms with Crippen LogP contribution in [0.2, 0.25) is 0 Å². The summed E-state index contributed by atoms with van der Waals surface area (Å²) in [4.78, 5) is 0. The molecule has 5 nitrogen and oxygen atoms in total. The van der Waals surface area contributed by atoms with Gasteiger partial charge in [0.2, 0.25) is 0 Å². The summed E-state index contributed by atoms with van der Waals surface area (Å²) in [5.41, 5.74) is 5.53. The van der Waals surface area contributed by atoms with Gasteiger partial charge in [-0.05, 0) is 31.7 Å². The first-order valence-corrected chi connectivity index (χ1v) is 8.88. The van der Waals surface area contributed by atoms with E-state index >= 15 is 0 Å². The number of nitrogens with one attached hydrogen (secondary N) is 1. The van der Waals surface area contributed by atoms with Crippen molar-refractivity contribution in [3.63, 3.8) is 0 Å². The molecule has 0 aliphatic heterocycles. The Morgan fingerprint density at radius 3 is 2.42 bits per heavy atom. The molecule has 0 bridgehead atoms. The van der Waals surface area contributed by atoms with Gasteiger partial charge in [-0.25, -0.2) is 4.72 Å². The van der Waals surface area contributed by atoms with Gasteiger partial charge in [0.25, 0.3) is 10.2 Å². The number of rotatable bonds is 8. The van der Waals surface area contributed by atoms with Crippen LogP contribution in [0.4, 0.5) is 0 Å². The second kappa shape index (κ2) is 8.19. The Bertz CT molecular complexity index is 338. The summed E-state index contributed by atoms with van der Waals surface area (Å²) in [6.45, 7) is 5.58. The first-order valence-electron chi connectivity index (χ1n) is 7.44. The molecular formula is C13H29N3O2S. The quantitative estimate of drug-likeness (QED) is 0.711. The molecule has 1 aliphatic carbocycles. The molecule has 19 heavy (non-hydrogen) atoms. The SMILES string of the molecule is CC(C)CNS(=O)(=O)N(CCCN)C1CCCCC1. The van der Waals surface area contributed by atoms with Crippen molar-refractivity contribution in [1.29, 1.82) is 0 Å². The largest absolute Gasteiger partial charge is 0.330 e. The van der Waals surface area contributed by atoms with Gasteiger partial charge in [-0.15, -0.1) is 0 Å². The molecule has 1 aliphatic rings. The molecule has 0 amide bonds. The van der Waals surface area contributed by atoms with E-state index in [1.165, 1.54) is 6.42 Å². The topological polar surface area (TPSA) is 75.4 Å². The van der Waals surface area contributed by atoms with E-state index in [2.05, 4.69) is 4.72 Å². The van der Waals surface area contributed by atoms with Gasteiger partial charge in [0.1, 0.15) is 0 Å². The zero-order valence-corrected chi connectivity index (χ0v) is 13.1. The highest BCUT2D eigenvalue weighted by molar-refractivity contribution is 7.87. The molecule has 6 heteroatoms. The molecule has 3 N–H and O–H groups in total. The van der Waals surface area contributed by atoms with Crippen molar-refractivity contribution in [2.24, 2.45) is 11.7 Å². The molecular weight excluding hydrogens is 262 g/mol. The van der Waals surface area contributed by atoms with Crippen molar-refractivity contribution in [3.8, 4) is 0 Å². The summed E-state index contributed by atoms with van der Waals surface area (Å²) in [6.07, 6.45) is 6.16. The molecule has 0 aromatic rings. The van der Waals surface area contributed by atoms with E-state index in [0.717, 1.165) is 32.1 Å². The van der Waals surface area contributed by atoms with Gasteiger partial charge in [0, 0.05) is 19.1 Å². The van der Waals surface area contributed by atoms with Crippen LogP contribution in [0.3, 0.4) is 0 Å². The molecule has 1 saturated carbocycles. The first-order chi connectivity index (χ1) is 8.97. The molecule has 0 atom stereocenters. The number of hydrogen-bond acceptors (Lipinski definition) is 3. The molecule has 0 radical (unpaired) electrons. The van der Waals surface area contributed by atoms with Crippen LogP contribution in [-0.4, -0.2) is 38.4 Å². The Balaban J connectivity index is 2.70. The fourth-order valence-corrected chi connectivity index (χ4v) is 4.15. The monoisotopic (exact) mass is 291 g/mol. The van der Waals surface area contributed by atoms with Gasteiger partial charge in [-0.2, -0.15) is 12.7 Å². The van der Waals surface area contributed by atoms with Crippen LogP contribution < -0.4 is 10.5 Å². The zero-order chi connectivity index (χ0) is 14.3. The van der Waals surface area contributed by atoms with Gasteiger partial charge >= 0.3 is 0 Å². The highest BCUT2D eigenvalue weighted by Gasteiger charge is 2.30. The molecule has 0 heterocycles. The molecule has 0 aromatic heterocycles. The van der Waals surface area contributed by atoms with Crippen LogP contribution >= 0.6 is 0 Å². The minimum atomic E-state index is -3.36. The molecule has 0 spiro atoms. The summed E-state index contributed by atoms with van der Waals surface area (Å²) in [5.74, 6) is 0.317. The molecule has 0 saturated heterocycles. The lowest BCUT2D eigenvalue weighted by Crippen LogP contribution is -2.48. The average molecular weight is 291 g/mol. The minimum Gasteiger partial charge on any atom is -0.330 e. The van der Waals surface area contributed by atoms with Crippen molar-refractivity contribution in [2.75, 3.05) is 19.6 Å². The molecule has 0 aromatic carbocycles. The summed E-state index contributed by atoms with van der Waals surface area (Å²) in [7, 11) is -3.36.